The minimum atomic E-state index is -0.545. The van der Waals surface area contributed by atoms with Gasteiger partial charge < -0.3 is 25.8 Å². The summed E-state index contributed by atoms with van der Waals surface area (Å²) in [6, 6.07) is 5.37. The van der Waals surface area contributed by atoms with Crippen molar-refractivity contribution in [2.45, 2.75) is 52.6 Å². The van der Waals surface area contributed by atoms with Gasteiger partial charge in [-0.25, -0.2) is 12.3 Å². The van der Waals surface area contributed by atoms with Crippen molar-refractivity contribution in [3.05, 3.63) is 47.3 Å². The quantitative estimate of drug-likeness (QED) is 0.168. The zero-order chi connectivity index (χ0) is 32.9. The predicted octanol–water partition coefficient (Wildman–Crippen LogP) is 6.28. The molecule has 0 bridgehead atoms. The molecule has 3 N–H and O–H groups in total. The third kappa shape index (κ3) is 5.99. The standard InChI is InChI=1S/C33H40ClFIN9O/c1-6-25(46)43-16-21(5)44(17-20(43)4)32-22-15-23(34)27(26-19(3)7-8-24-28(26)31(37)41-45(24)36)29(35)30(22)39-33(40-32)38-11-14-42-12-9-18(2)10-13-42/h6-8,15,18,20-21H,1,9-14,16-17H2,2-5H3,(H2,37,41)(H,38,39,40)/t20-,21+/m1/s1. The minimum absolute atomic E-state index is 0.104. The number of hydrogen-bond donors (Lipinski definition) is 2. The van der Waals surface area contributed by atoms with Gasteiger partial charge in [0.2, 0.25) is 11.9 Å². The van der Waals surface area contributed by atoms with Crippen molar-refractivity contribution in [1.29, 1.82) is 0 Å². The molecule has 244 valence electrons. The molecule has 0 spiro atoms. The van der Waals surface area contributed by atoms with Gasteiger partial charge in [-0.3, -0.25) is 4.79 Å². The second-order valence-electron chi connectivity index (χ2n) is 12.7. The summed E-state index contributed by atoms with van der Waals surface area (Å²) in [7, 11) is 0. The Hall–Kier alpha value is -3.23. The Kier molecular flexibility index (Phi) is 9.32. The number of nitrogens with two attached hydrogens (primary N) is 1. The van der Waals surface area contributed by atoms with Crippen molar-refractivity contribution in [2.75, 3.05) is 55.2 Å². The molecule has 4 heterocycles. The van der Waals surface area contributed by atoms with Crippen LogP contribution in [0.3, 0.4) is 0 Å². The number of anilines is 3. The van der Waals surface area contributed by atoms with E-state index in [2.05, 4.69) is 56.6 Å². The molecule has 6 rings (SSSR count). The largest absolute Gasteiger partial charge is 0.382 e. The van der Waals surface area contributed by atoms with Gasteiger partial charge >= 0.3 is 0 Å². The average Bonchev–Trinajstić information content (AvgIpc) is 3.32. The zero-order valence-electron chi connectivity index (χ0n) is 26.7. The predicted molar refractivity (Wildman–Crippen MR) is 193 cm³/mol. The lowest BCUT2D eigenvalue weighted by Gasteiger charge is -2.44. The molecule has 2 fully saturated rings. The average molecular weight is 760 g/mol. The number of halogens is 3. The molecule has 0 radical (unpaired) electrons. The fourth-order valence-electron chi connectivity index (χ4n) is 6.79. The summed E-state index contributed by atoms with van der Waals surface area (Å²) in [6.45, 7) is 16.5. The molecule has 13 heteroatoms. The molecule has 0 saturated carbocycles. The highest BCUT2D eigenvalue weighted by Gasteiger charge is 2.34. The van der Waals surface area contributed by atoms with Crippen LogP contribution in [0.25, 0.3) is 32.9 Å². The van der Waals surface area contributed by atoms with Crippen LogP contribution in [0.2, 0.25) is 5.02 Å². The van der Waals surface area contributed by atoms with Crippen LogP contribution in [0.5, 0.6) is 0 Å². The third-order valence-electron chi connectivity index (χ3n) is 9.46. The number of aromatic nitrogens is 4. The van der Waals surface area contributed by atoms with Crippen LogP contribution in [-0.2, 0) is 4.79 Å². The Morgan fingerprint density at radius 2 is 1.91 bits per heavy atom. The summed E-state index contributed by atoms with van der Waals surface area (Å²) < 4.78 is 18.7. The molecule has 46 heavy (non-hydrogen) atoms. The van der Waals surface area contributed by atoms with Crippen LogP contribution in [-0.4, -0.2) is 85.0 Å². The number of likely N-dealkylation sites (tertiary alicyclic amines) is 1. The number of nitrogen functional groups attached to an aromatic ring is 1. The van der Waals surface area contributed by atoms with Gasteiger partial charge in [-0.05, 0) is 76.4 Å². The van der Waals surface area contributed by atoms with E-state index in [4.69, 9.17) is 27.3 Å². The van der Waals surface area contributed by atoms with Crippen molar-refractivity contribution in [3.63, 3.8) is 0 Å². The highest BCUT2D eigenvalue weighted by atomic mass is 127. The number of amides is 1. The highest BCUT2D eigenvalue weighted by molar-refractivity contribution is 14.1. The van der Waals surface area contributed by atoms with Crippen LogP contribution >= 0.6 is 34.5 Å². The van der Waals surface area contributed by atoms with Gasteiger partial charge in [0.1, 0.15) is 11.3 Å². The number of piperidine rings is 1. The summed E-state index contributed by atoms with van der Waals surface area (Å²) in [5.41, 5.74) is 8.93. The van der Waals surface area contributed by atoms with Gasteiger partial charge in [-0.15, -0.1) is 5.10 Å². The fourth-order valence-corrected chi connectivity index (χ4v) is 7.72. The number of nitrogens with one attached hydrogen (secondary N) is 1. The maximum atomic E-state index is 17.1. The Labute approximate surface area is 287 Å². The first-order valence-corrected chi connectivity index (χ1v) is 17.1. The van der Waals surface area contributed by atoms with Gasteiger partial charge in [0.25, 0.3) is 0 Å². The van der Waals surface area contributed by atoms with Gasteiger partial charge in [0.05, 0.1) is 38.8 Å². The molecular formula is C33H40ClFIN9O. The monoisotopic (exact) mass is 759 g/mol. The molecule has 2 aromatic heterocycles. The third-order valence-corrected chi connectivity index (χ3v) is 10.5. The van der Waals surface area contributed by atoms with Crippen LogP contribution in [0.4, 0.5) is 22.0 Å². The molecule has 2 aliphatic heterocycles. The number of piperazine rings is 1. The first kappa shape index (κ1) is 32.7. The summed E-state index contributed by atoms with van der Waals surface area (Å²) in [6.07, 6.45) is 3.72. The van der Waals surface area contributed by atoms with E-state index in [0.717, 1.165) is 36.6 Å². The number of hydrogen-bond acceptors (Lipinski definition) is 8. The SMILES string of the molecule is C=CC(=O)N1C[C@H](C)N(c2nc(NCCN3CCC(C)CC3)nc3c(F)c(-c4c(C)ccc5c4c(N)nn5I)c(Cl)cc23)C[C@H]1C. The number of nitrogens with zero attached hydrogens (tertiary/aromatic N) is 7. The first-order chi connectivity index (χ1) is 22.0. The lowest BCUT2D eigenvalue weighted by atomic mass is 9.94. The number of carbonyl (C=O) groups is 1. The van der Waals surface area contributed by atoms with E-state index in [1.807, 2.05) is 37.8 Å². The van der Waals surface area contributed by atoms with E-state index in [0.29, 0.717) is 53.6 Å². The zero-order valence-corrected chi connectivity index (χ0v) is 29.6. The Bertz CT molecular complexity index is 1820. The van der Waals surface area contributed by atoms with Crippen molar-refractivity contribution >= 4 is 79.8 Å². The lowest BCUT2D eigenvalue weighted by Crippen LogP contribution is -2.58. The van der Waals surface area contributed by atoms with Crippen LogP contribution < -0.4 is 16.0 Å². The van der Waals surface area contributed by atoms with E-state index in [1.54, 1.807) is 8.96 Å². The normalized spacial score (nSPS) is 19.7. The summed E-state index contributed by atoms with van der Waals surface area (Å²) in [5, 5.41) is 9.15. The lowest BCUT2D eigenvalue weighted by molar-refractivity contribution is -0.128. The Morgan fingerprint density at radius 1 is 1.17 bits per heavy atom. The summed E-state index contributed by atoms with van der Waals surface area (Å²) >= 11 is 9.05. The van der Waals surface area contributed by atoms with Crippen molar-refractivity contribution in [3.8, 4) is 11.1 Å². The highest BCUT2D eigenvalue weighted by Crippen LogP contribution is 2.44. The fraction of sp³-hybridized carbons (Fsp3) is 0.455. The Balaban J connectivity index is 1.47. The number of benzene rings is 2. The van der Waals surface area contributed by atoms with Gasteiger partial charge in [0.15, 0.2) is 11.6 Å². The minimum Gasteiger partial charge on any atom is -0.382 e. The Morgan fingerprint density at radius 3 is 2.63 bits per heavy atom. The molecule has 0 unspecified atom stereocenters. The number of fused-ring (bicyclic) bond motifs is 2. The molecule has 4 aromatic rings. The molecule has 2 saturated heterocycles. The first-order valence-electron chi connectivity index (χ1n) is 15.8. The van der Waals surface area contributed by atoms with Gasteiger partial charge in [0, 0.05) is 54.8 Å². The molecule has 2 aliphatic rings. The summed E-state index contributed by atoms with van der Waals surface area (Å²) in [5.74, 6) is 1.31. The number of rotatable bonds is 7. The molecule has 2 aromatic carbocycles. The molecular weight excluding hydrogens is 720 g/mol. The van der Waals surface area contributed by atoms with E-state index < -0.39 is 5.82 Å². The number of carbonyl (C=O) groups excluding carboxylic acids is 1. The van der Waals surface area contributed by atoms with E-state index in [-0.39, 0.29) is 34.1 Å². The molecule has 1 amide bonds. The second kappa shape index (κ2) is 13.1. The smallest absolute Gasteiger partial charge is 0.246 e. The second-order valence-corrected chi connectivity index (χ2v) is 14.0. The molecule has 2 atom stereocenters. The number of aryl methyl sites for hydroxylation is 1. The van der Waals surface area contributed by atoms with E-state index in [1.165, 1.54) is 18.9 Å². The van der Waals surface area contributed by atoms with E-state index in [9.17, 15) is 4.79 Å². The van der Waals surface area contributed by atoms with Gasteiger partial charge in [-0.2, -0.15) is 4.98 Å². The van der Waals surface area contributed by atoms with Crippen LogP contribution in [0.15, 0.2) is 30.9 Å². The van der Waals surface area contributed by atoms with E-state index >= 15 is 4.39 Å². The van der Waals surface area contributed by atoms with Crippen LogP contribution in [0, 0.1) is 18.7 Å². The van der Waals surface area contributed by atoms with Crippen LogP contribution in [0.1, 0.15) is 39.2 Å². The molecule has 10 nitrogen and oxygen atoms in total. The van der Waals surface area contributed by atoms with Gasteiger partial charge in [-0.1, -0.05) is 31.2 Å². The van der Waals surface area contributed by atoms with Crippen molar-refractivity contribution in [1.82, 2.24) is 27.8 Å². The van der Waals surface area contributed by atoms with Crippen molar-refractivity contribution in [2.24, 2.45) is 5.92 Å². The topological polar surface area (TPSA) is 108 Å². The maximum absolute atomic E-state index is 17.1. The molecule has 0 aliphatic carbocycles. The summed E-state index contributed by atoms with van der Waals surface area (Å²) in [4.78, 5) is 28.7. The maximum Gasteiger partial charge on any atom is 0.246 e. The van der Waals surface area contributed by atoms with Crippen molar-refractivity contribution < 1.29 is 9.18 Å².